The van der Waals surface area contributed by atoms with Gasteiger partial charge in [0.15, 0.2) is 4.88 Å². The van der Waals surface area contributed by atoms with Gasteiger partial charge >= 0.3 is 5.97 Å². The van der Waals surface area contributed by atoms with Crippen LogP contribution in [0.4, 0.5) is 10.1 Å². The van der Waals surface area contributed by atoms with Crippen molar-refractivity contribution in [3.8, 4) is 17.4 Å². The number of carbonyl (C=O) groups is 2. The lowest BCUT2D eigenvalue weighted by molar-refractivity contribution is -0.384. The Kier molecular flexibility index (Phi) is 7.29. The van der Waals surface area contributed by atoms with Gasteiger partial charge in [0.1, 0.15) is 17.3 Å². The molecule has 1 heterocycles. The Bertz CT molecular complexity index is 1150. The summed E-state index contributed by atoms with van der Waals surface area (Å²) in [5.41, 5.74) is 1.40. The van der Waals surface area contributed by atoms with Crippen molar-refractivity contribution in [2.75, 3.05) is 6.61 Å². The highest BCUT2D eigenvalue weighted by molar-refractivity contribution is 7.12. The smallest absolute Gasteiger partial charge is 0.306 e. The number of hydrogen-bond acceptors (Lipinski definition) is 8. The first-order chi connectivity index (χ1) is 15.3. The van der Waals surface area contributed by atoms with Crippen LogP contribution in [0.25, 0.3) is 0 Å². The van der Waals surface area contributed by atoms with Gasteiger partial charge in [-0.3, -0.25) is 19.7 Å². The van der Waals surface area contributed by atoms with E-state index in [-0.39, 0.29) is 53.1 Å². The largest absolute Gasteiger partial charge is 0.493 e. The zero-order chi connectivity index (χ0) is 23.1. The van der Waals surface area contributed by atoms with Gasteiger partial charge in [-0.15, -0.1) is 11.3 Å². The van der Waals surface area contributed by atoms with Gasteiger partial charge in [0.2, 0.25) is 5.88 Å². The minimum Gasteiger partial charge on any atom is -0.493 e. The fourth-order valence-electron chi connectivity index (χ4n) is 2.50. The zero-order valence-corrected chi connectivity index (χ0v) is 17.1. The second-order valence-corrected chi connectivity index (χ2v) is 7.13. The van der Waals surface area contributed by atoms with Crippen molar-refractivity contribution in [1.29, 1.82) is 0 Å². The second kappa shape index (κ2) is 10.3. The van der Waals surface area contributed by atoms with Crippen LogP contribution in [-0.2, 0) is 11.3 Å². The quantitative estimate of drug-likeness (QED) is 0.343. The van der Waals surface area contributed by atoms with Gasteiger partial charge in [-0.1, -0.05) is 12.1 Å². The summed E-state index contributed by atoms with van der Waals surface area (Å²) in [6.07, 6.45) is -0.213. The molecule has 12 heteroatoms. The number of rotatable bonds is 10. The third kappa shape index (κ3) is 5.98. The van der Waals surface area contributed by atoms with Crippen molar-refractivity contribution in [3.63, 3.8) is 0 Å². The predicted molar refractivity (Wildman–Crippen MR) is 111 cm³/mol. The second-order valence-electron chi connectivity index (χ2n) is 6.27. The standard InChI is InChI=1S/C20H16FN3O7S/c21-16-9-14(30-7-6-17(25)26)5-4-12(16)10-22-19(27)18-20(23-11-32-18)31-15-3-1-2-13(8-15)24(28)29/h1-5,8-9,11H,6-7,10H2,(H,22,27)(H,25,26). The number of benzene rings is 2. The molecule has 0 aliphatic carbocycles. The predicted octanol–water partition coefficient (Wildman–Crippen LogP) is 3.77. The number of nitrogens with one attached hydrogen (secondary N) is 1. The van der Waals surface area contributed by atoms with E-state index in [2.05, 4.69) is 10.3 Å². The van der Waals surface area contributed by atoms with Crippen LogP contribution in [0.5, 0.6) is 17.4 Å². The molecule has 1 amide bonds. The van der Waals surface area contributed by atoms with E-state index < -0.39 is 22.6 Å². The lowest BCUT2D eigenvalue weighted by atomic mass is 10.2. The molecule has 3 aromatic rings. The van der Waals surface area contributed by atoms with E-state index in [1.165, 1.54) is 41.9 Å². The highest BCUT2D eigenvalue weighted by atomic mass is 32.1. The Morgan fingerprint density at radius 2 is 2.03 bits per heavy atom. The van der Waals surface area contributed by atoms with Crippen molar-refractivity contribution in [3.05, 3.63) is 74.3 Å². The van der Waals surface area contributed by atoms with Crippen molar-refractivity contribution in [2.24, 2.45) is 0 Å². The number of carbonyl (C=O) groups excluding carboxylic acids is 1. The average Bonchev–Trinajstić information content (AvgIpc) is 3.21. The molecule has 0 saturated heterocycles. The molecule has 0 atom stereocenters. The molecule has 3 rings (SSSR count). The van der Waals surface area contributed by atoms with Gasteiger partial charge in [-0.05, 0) is 12.1 Å². The number of amides is 1. The van der Waals surface area contributed by atoms with Crippen LogP contribution in [0, 0.1) is 15.9 Å². The number of hydrogen-bond donors (Lipinski definition) is 2. The Morgan fingerprint density at radius 1 is 1.22 bits per heavy atom. The number of carboxylic acids is 1. The number of carboxylic acid groups (broad SMARTS) is 1. The maximum absolute atomic E-state index is 14.3. The Hall–Kier alpha value is -4.06. The van der Waals surface area contributed by atoms with Gasteiger partial charge < -0.3 is 19.9 Å². The fraction of sp³-hybridized carbons (Fsp3) is 0.150. The molecule has 2 N–H and O–H groups in total. The van der Waals surface area contributed by atoms with E-state index >= 15 is 0 Å². The molecule has 0 saturated carbocycles. The molecule has 2 aromatic carbocycles. The number of nitro benzene ring substituents is 1. The molecule has 0 aliphatic heterocycles. The van der Waals surface area contributed by atoms with Crippen LogP contribution in [0.3, 0.4) is 0 Å². The molecule has 10 nitrogen and oxygen atoms in total. The molecule has 0 aliphatic rings. The SMILES string of the molecule is O=C(O)CCOc1ccc(CNC(=O)c2scnc2Oc2cccc([N+](=O)[O-])c2)c(F)c1. The summed E-state index contributed by atoms with van der Waals surface area (Å²) in [7, 11) is 0. The lowest BCUT2D eigenvalue weighted by Crippen LogP contribution is -2.23. The van der Waals surface area contributed by atoms with Gasteiger partial charge in [-0.2, -0.15) is 0 Å². The molecular weight excluding hydrogens is 445 g/mol. The van der Waals surface area contributed by atoms with Crippen molar-refractivity contribution < 1.29 is 33.5 Å². The molecule has 1 aromatic heterocycles. The summed E-state index contributed by atoms with van der Waals surface area (Å²) in [6.45, 7) is -0.224. The fourth-order valence-corrected chi connectivity index (χ4v) is 3.13. The summed E-state index contributed by atoms with van der Waals surface area (Å²) in [6, 6.07) is 9.43. The highest BCUT2D eigenvalue weighted by Gasteiger charge is 2.18. The van der Waals surface area contributed by atoms with Crippen molar-refractivity contribution in [2.45, 2.75) is 13.0 Å². The van der Waals surface area contributed by atoms with Crippen LogP contribution in [0.2, 0.25) is 0 Å². The monoisotopic (exact) mass is 461 g/mol. The van der Waals surface area contributed by atoms with Crippen molar-refractivity contribution in [1.82, 2.24) is 10.3 Å². The normalized spacial score (nSPS) is 10.4. The van der Waals surface area contributed by atoms with Gasteiger partial charge in [-0.25, -0.2) is 9.37 Å². The van der Waals surface area contributed by atoms with Gasteiger partial charge in [0.05, 0.1) is 29.5 Å². The maximum atomic E-state index is 14.3. The van der Waals surface area contributed by atoms with E-state index in [9.17, 15) is 24.1 Å². The summed E-state index contributed by atoms with van der Waals surface area (Å²) < 4.78 is 24.9. The number of non-ortho nitro benzene ring substituents is 1. The Balaban J connectivity index is 1.61. The summed E-state index contributed by atoms with van der Waals surface area (Å²) in [4.78, 5) is 37.4. The van der Waals surface area contributed by atoms with Gasteiger partial charge in [0.25, 0.3) is 11.6 Å². The van der Waals surface area contributed by atoms with Crippen LogP contribution < -0.4 is 14.8 Å². The molecule has 0 unspecified atom stereocenters. The van der Waals surface area contributed by atoms with E-state index in [1.807, 2.05) is 0 Å². The number of aliphatic carboxylic acids is 1. The van der Waals surface area contributed by atoms with Crippen LogP contribution in [0.1, 0.15) is 21.7 Å². The Labute approximate surface area is 184 Å². The van der Waals surface area contributed by atoms with Crippen LogP contribution in [0.15, 0.2) is 48.0 Å². The molecule has 0 spiro atoms. The summed E-state index contributed by atoms with van der Waals surface area (Å²) in [5, 5.41) is 22.0. The van der Waals surface area contributed by atoms with Crippen molar-refractivity contribution >= 4 is 28.9 Å². The number of nitro groups is 1. The third-order valence-corrected chi connectivity index (χ3v) is 4.84. The lowest BCUT2D eigenvalue weighted by Gasteiger charge is -2.09. The van der Waals surface area contributed by atoms with Gasteiger partial charge in [0, 0.05) is 24.2 Å². The van der Waals surface area contributed by atoms with E-state index in [4.69, 9.17) is 14.6 Å². The van der Waals surface area contributed by atoms with Crippen LogP contribution in [-0.4, -0.2) is 33.5 Å². The molecular formula is C20H16FN3O7S. The molecule has 0 fully saturated rings. The molecule has 166 valence electrons. The third-order valence-electron chi connectivity index (χ3n) is 4.03. The first kappa shape index (κ1) is 22.6. The van der Waals surface area contributed by atoms with Crippen LogP contribution >= 0.6 is 11.3 Å². The first-order valence-corrected chi connectivity index (χ1v) is 9.98. The number of ether oxygens (including phenoxy) is 2. The Morgan fingerprint density at radius 3 is 2.75 bits per heavy atom. The number of thiazole rings is 1. The average molecular weight is 461 g/mol. The summed E-state index contributed by atoms with van der Waals surface area (Å²) >= 11 is 0.997. The van der Waals surface area contributed by atoms with E-state index in [0.717, 1.165) is 17.4 Å². The maximum Gasteiger partial charge on any atom is 0.306 e. The number of aromatic nitrogens is 1. The highest BCUT2D eigenvalue weighted by Crippen LogP contribution is 2.29. The van der Waals surface area contributed by atoms with E-state index in [0.29, 0.717) is 0 Å². The topological polar surface area (TPSA) is 141 Å². The minimum atomic E-state index is -1.03. The minimum absolute atomic E-state index is 0.0318. The molecule has 32 heavy (non-hydrogen) atoms. The number of nitrogens with zero attached hydrogens (tertiary/aromatic N) is 2. The summed E-state index contributed by atoms with van der Waals surface area (Å²) in [5.74, 6) is -1.93. The number of halogens is 1. The van der Waals surface area contributed by atoms with E-state index in [1.54, 1.807) is 0 Å². The zero-order valence-electron chi connectivity index (χ0n) is 16.3. The molecule has 0 bridgehead atoms. The first-order valence-electron chi connectivity index (χ1n) is 9.10. The molecule has 0 radical (unpaired) electrons.